The maximum atomic E-state index is 12.3. The number of methoxy groups -OCH3 is 1. The first kappa shape index (κ1) is 28.4. The number of ether oxygens (including phenoxy) is 2. The van der Waals surface area contributed by atoms with Crippen LogP contribution in [0.15, 0.2) is 54.6 Å². The fourth-order valence-electron chi connectivity index (χ4n) is 3.99. The number of allylic oxidation sites excluding steroid dienone is 1. The standard InChI is InChI=1S/C30H42O5/c1-3-4-5-6-7-8-9-10-11-12-14-24-17-20-26(21-18-24)35-30(33)16-13-15-27(31)25-19-22-28(32)29(23-25)34-2/h13,16-23,30,32-33H,3-12,14-15H2,1-2H3. The van der Waals surface area contributed by atoms with Crippen LogP contribution in [0.4, 0.5) is 0 Å². The van der Waals surface area contributed by atoms with E-state index in [4.69, 9.17) is 9.47 Å². The number of hydrogen-bond donors (Lipinski definition) is 2. The quantitative estimate of drug-likeness (QED) is 0.100. The van der Waals surface area contributed by atoms with E-state index < -0.39 is 6.29 Å². The molecule has 1 unspecified atom stereocenters. The second-order valence-corrected chi connectivity index (χ2v) is 9.03. The van der Waals surface area contributed by atoms with Crippen molar-refractivity contribution in [3.8, 4) is 17.2 Å². The Hall–Kier alpha value is -2.79. The van der Waals surface area contributed by atoms with Gasteiger partial charge in [0.05, 0.1) is 7.11 Å². The van der Waals surface area contributed by atoms with Gasteiger partial charge in [-0.3, -0.25) is 4.79 Å². The molecule has 0 aliphatic carbocycles. The molecule has 0 saturated carbocycles. The molecule has 0 aromatic heterocycles. The van der Waals surface area contributed by atoms with Gasteiger partial charge in [-0.2, -0.15) is 0 Å². The van der Waals surface area contributed by atoms with Gasteiger partial charge in [0, 0.05) is 12.0 Å². The van der Waals surface area contributed by atoms with Crippen LogP contribution in [0, 0.1) is 0 Å². The molecule has 5 heteroatoms. The molecule has 5 nitrogen and oxygen atoms in total. The monoisotopic (exact) mass is 482 g/mol. The lowest BCUT2D eigenvalue weighted by atomic mass is 10.0. The first-order valence-electron chi connectivity index (χ1n) is 13.0. The molecule has 2 aromatic carbocycles. The molecule has 0 spiro atoms. The van der Waals surface area contributed by atoms with Crippen LogP contribution in [-0.4, -0.2) is 29.4 Å². The molecule has 2 aromatic rings. The highest BCUT2D eigenvalue weighted by Gasteiger charge is 2.09. The minimum Gasteiger partial charge on any atom is -0.504 e. The molecule has 0 amide bonds. The largest absolute Gasteiger partial charge is 0.504 e. The van der Waals surface area contributed by atoms with Crippen molar-refractivity contribution < 1.29 is 24.5 Å². The summed E-state index contributed by atoms with van der Waals surface area (Å²) in [5.74, 6) is 0.671. The lowest BCUT2D eigenvalue weighted by molar-refractivity contribution is 0.0246. The summed E-state index contributed by atoms with van der Waals surface area (Å²) in [6.45, 7) is 2.26. The summed E-state index contributed by atoms with van der Waals surface area (Å²) in [6, 6.07) is 12.3. The summed E-state index contributed by atoms with van der Waals surface area (Å²) >= 11 is 0. The third-order valence-electron chi connectivity index (χ3n) is 6.10. The number of aryl methyl sites for hydroxylation is 1. The first-order chi connectivity index (χ1) is 17.0. The maximum absolute atomic E-state index is 12.3. The molecule has 0 fully saturated rings. The van der Waals surface area contributed by atoms with E-state index in [0.717, 1.165) is 6.42 Å². The second-order valence-electron chi connectivity index (χ2n) is 9.03. The van der Waals surface area contributed by atoms with Crippen molar-refractivity contribution in [2.24, 2.45) is 0 Å². The normalized spacial score (nSPS) is 12.1. The minimum absolute atomic E-state index is 0.0158. The van der Waals surface area contributed by atoms with Gasteiger partial charge in [-0.05, 0) is 54.8 Å². The van der Waals surface area contributed by atoms with E-state index in [0.29, 0.717) is 11.3 Å². The van der Waals surface area contributed by atoms with Gasteiger partial charge in [0.15, 0.2) is 17.3 Å². The van der Waals surface area contributed by atoms with Crippen LogP contribution in [0.1, 0.15) is 93.5 Å². The highest BCUT2D eigenvalue weighted by molar-refractivity contribution is 5.97. The van der Waals surface area contributed by atoms with Gasteiger partial charge in [-0.25, -0.2) is 0 Å². The van der Waals surface area contributed by atoms with Crippen molar-refractivity contribution in [1.82, 2.24) is 0 Å². The lowest BCUT2D eigenvalue weighted by Crippen LogP contribution is -2.12. The number of phenols is 1. The van der Waals surface area contributed by atoms with Crippen LogP contribution in [0.25, 0.3) is 0 Å². The van der Waals surface area contributed by atoms with Gasteiger partial charge in [0.25, 0.3) is 0 Å². The molecular formula is C30H42O5. The number of unbranched alkanes of at least 4 members (excludes halogenated alkanes) is 9. The van der Waals surface area contributed by atoms with Crippen molar-refractivity contribution >= 4 is 5.78 Å². The molecule has 0 aliphatic rings. The van der Waals surface area contributed by atoms with E-state index in [9.17, 15) is 15.0 Å². The zero-order valence-corrected chi connectivity index (χ0v) is 21.4. The summed E-state index contributed by atoms with van der Waals surface area (Å²) in [7, 11) is 1.43. The molecule has 1 atom stereocenters. The molecule has 2 N–H and O–H groups in total. The third kappa shape index (κ3) is 11.5. The Bertz CT molecular complexity index is 888. The number of hydrogen-bond acceptors (Lipinski definition) is 5. The van der Waals surface area contributed by atoms with Crippen LogP contribution < -0.4 is 9.47 Å². The third-order valence-corrected chi connectivity index (χ3v) is 6.10. The smallest absolute Gasteiger partial charge is 0.217 e. The van der Waals surface area contributed by atoms with Gasteiger partial charge >= 0.3 is 0 Å². The van der Waals surface area contributed by atoms with Crippen molar-refractivity contribution in [2.75, 3.05) is 7.11 Å². The van der Waals surface area contributed by atoms with E-state index in [1.165, 1.54) is 101 Å². The summed E-state index contributed by atoms with van der Waals surface area (Å²) in [4.78, 5) is 12.3. The topological polar surface area (TPSA) is 76.0 Å². The Balaban J connectivity index is 1.63. The Kier molecular flexibility index (Phi) is 13.6. The van der Waals surface area contributed by atoms with E-state index in [1.807, 2.05) is 24.3 Å². The van der Waals surface area contributed by atoms with Gasteiger partial charge in [-0.1, -0.05) is 82.9 Å². The molecule has 0 bridgehead atoms. The van der Waals surface area contributed by atoms with Gasteiger partial charge < -0.3 is 19.7 Å². The number of Topliss-reactive ketones (excluding diaryl/α,β-unsaturated/α-hetero) is 1. The SMILES string of the molecule is CCCCCCCCCCCCc1ccc(OC(O)C=CCC(=O)c2ccc(O)c(OC)c2)cc1. The number of carbonyl (C=O) groups is 1. The second kappa shape index (κ2) is 16.8. The molecule has 35 heavy (non-hydrogen) atoms. The number of aliphatic hydroxyl groups is 1. The number of carbonyl (C=O) groups excluding carboxylic acids is 1. The maximum Gasteiger partial charge on any atom is 0.217 e. The van der Waals surface area contributed by atoms with Crippen molar-refractivity contribution in [1.29, 1.82) is 0 Å². The molecule has 0 heterocycles. The zero-order valence-electron chi connectivity index (χ0n) is 21.4. The lowest BCUT2D eigenvalue weighted by Gasteiger charge is -2.10. The number of ketones is 1. The van der Waals surface area contributed by atoms with E-state index in [-0.39, 0.29) is 23.7 Å². The summed E-state index contributed by atoms with van der Waals surface area (Å²) in [5.41, 5.74) is 1.70. The van der Waals surface area contributed by atoms with Crippen LogP contribution in [0.5, 0.6) is 17.2 Å². The van der Waals surface area contributed by atoms with Crippen LogP contribution in [-0.2, 0) is 6.42 Å². The number of aromatic hydroxyl groups is 1. The van der Waals surface area contributed by atoms with E-state index in [1.54, 1.807) is 6.08 Å². The Morgan fingerprint density at radius 2 is 1.54 bits per heavy atom. The van der Waals surface area contributed by atoms with Crippen molar-refractivity contribution in [3.63, 3.8) is 0 Å². The summed E-state index contributed by atoms with van der Waals surface area (Å²) in [5, 5.41) is 19.7. The molecular weight excluding hydrogens is 440 g/mol. The average Bonchev–Trinajstić information content (AvgIpc) is 2.86. The Labute approximate surface area is 210 Å². The molecule has 0 aliphatic heterocycles. The van der Waals surface area contributed by atoms with Gasteiger partial charge in [-0.15, -0.1) is 0 Å². The summed E-state index contributed by atoms with van der Waals surface area (Å²) in [6.07, 6.45) is 16.4. The predicted molar refractivity (Wildman–Crippen MR) is 141 cm³/mol. The van der Waals surface area contributed by atoms with Gasteiger partial charge in [0.1, 0.15) is 5.75 Å². The van der Waals surface area contributed by atoms with Crippen LogP contribution in [0.2, 0.25) is 0 Å². The Morgan fingerprint density at radius 3 is 2.17 bits per heavy atom. The fraction of sp³-hybridized carbons (Fsp3) is 0.500. The number of rotatable bonds is 18. The average molecular weight is 483 g/mol. The minimum atomic E-state index is -1.13. The zero-order chi connectivity index (χ0) is 25.3. The highest BCUT2D eigenvalue weighted by atomic mass is 16.6. The first-order valence-corrected chi connectivity index (χ1v) is 13.0. The molecule has 2 rings (SSSR count). The number of aliphatic hydroxyl groups excluding tert-OH is 1. The van der Waals surface area contributed by atoms with Crippen LogP contribution >= 0.6 is 0 Å². The summed E-state index contributed by atoms with van der Waals surface area (Å²) < 4.78 is 10.5. The van der Waals surface area contributed by atoms with Crippen LogP contribution in [0.3, 0.4) is 0 Å². The molecule has 0 radical (unpaired) electrons. The fourth-order valence-corrected chi connectivity index (χ4v) is 3.99. The van der Waals surface area contributed by atoms with Crippen molar-refractivity contribution in [2.45, 2.75) is 90.3 Å². The van der Waals surface area contributed by atoms with E-state index in [2.05, 4.69) is 6.92 Å². The van der Waals surface area contributed by atoms with E-state index >= 15 is 0 Å². The molecule has 192 valence electrons. The number of benzene rings is 2. The van der Waals surface area contributed by atoms with Gasteiger partial charge in [0.2, 0.25) is 6.29 Å². The van der Waals surface area contributed by atoms with Crippen molar-refractivity contribution in [3.05, 3.63) is 65.7 Å². The highest BCUT2D eigenvalue weighted by Crippen LogP contribution is 2.26. The predicted octanol–water partition coefficient (Wildman–Crippen LogP) is 7.39. The number of phenolic OH excluding ortho intramolecular Hbond substituents is 1. The molecule has 0 saturated heterocycles. The Morgan fingerprint density at radius 1 is 0.914 bits per heavy atom.